The fourth-order valence-electron chi connectivity index (χ4n) is 6.28. The number of Topliss-reactive ketones (excluding diaryl/α,β-unsaturated/α-hetero) is 1. The summed E-state index contributed by atoms with van der Waals surface area (Å²) in [6.07, 6.45) is 4.62. The van der Waals surface area contributed by atoms with Crippen molar-refractivity contribution in [1.82, 2.24) is 9.97 Å². The predicted molar refractivity (Wildman–Crippen MR) is 201 cm³/mol. The molecule has 0 bridgehead atoms. The number of pyridine rings is 2. The Labute approximate surface area is 317 Å². The van der Waals surface area contributed by atoms with E-state index in [2.05, 4.69) is 25.9 Å². The summed E-state index contributed by atoms with van der Waals surface area (Å²) in [5, 5.41) is 27.4. The third kappa shape index (κ3) is 9.72. The van der Waals surface area contributed by atoms with Crippen molar-refractivity contribution in [3.63, 3.8) is 0 Å². The molecule has 2 fully saturated rings. The number of nitrogens with zero attached hydrogens (tertiary/aromatic N) is 2. The highest BCUT2D eigenvalue weighted by atomic mass is 35.5. The van der Waals surface area contributed by atoms with Crippen LogP contribution in [0.2, 0.25) is 10.0 Å². The van der Waals surface area contributed by atoms with Crippen LogP contribution in [0.25, 0.3) is 0 Å². The predicted octanol–water partition coefficient (Wildman–Crippen LogP) is 5.24. The quantitative estimate of drug-likeness (QED) is 0.113. The Morgan fingerprint density at radius 3 is 2.48 bits per heavy atom. The van der Waals surface area contributed by atoms with Crippen LogP contribution in [0, 0.1) is 23.2 Å². The van der Waals surface area contributed by atoms with E-state index in [-0.39, 0.29) is 53.1 Å². The fourth-order valence-corrected chi connectivity index (χ4v) is 8.04. The van der Waals surface area contributed by atoms with Crippen molar-refractivity contribution in [2.75, 3.05) is 48.5 Å². The number of hydrogen-bond donors (Lipinski definition) is 5. The molecule has 14 nitrogen and oxygen atoms in total. The molecule has 0 saturated carbocycles. The lowest BCUT2D eigenvalue weighted by atomic mass is 9.81. The van der Waals surface area contributed by atoms with Crippen LogP contribution in [0.5, 0.6) is 0 Å². The van der Waals surface area contributed by atoms with Gasteiger partial charge in [-0.05, 0) is 40.0 Å². The molecule has 52 heavy (non-hydrogen) atoms. The van der Waals surface area contributed by atoms with Crippen LogP contribution in [0.3, 0.4) is 0 Å². The number of anilines is 3. The first kappa shape index (κ1) is 41.3. The van der Waals surface area contributed by atoms with E-state index in [0.29, 0.717) is 42.2 Å². The largest absolute Gasteiger partial charge is 0.461 e. The fraction of sp³-hybridized carbons (Fsp3) is 0.571. The van der Waals surface area contributed by atoms with Crippen molar-refractivity contribution in [3.05, 3.63) is 39.8 Å². The van der Waals surface area contributed by atoms with E-state index in [1.165, 1.54) is 30.4 Å². The third-order valence-electron chi connectivity index (χ3n) is 9.71. The zero-order valence-electron chi connectivity index (χ0n) is 29.8. The van der Waals surface area contributed by atoms with Crippen molar-refractivity contribution < 1.29 is 38.5 Å². The van der Waals surface area contributed by atoms with Crippen molar-refractivity contribution in [2.24, 2.45) is 17.8 Å². The SMILES string of the molecule is CCNc1ncc(C(=O)Nc2c(Cl)cncc2Cl)c(NCCSC2C(=O)OC3COC(=O)C(C)C(O)CCC(C)(OC)CCC(=O)C(C)C32)c1C=N. The maximum absolute atomic E-state index is 13.6. The number of cyclic esters (lactones) is 1. The van der Waals surface area contributed by atoms with E-state index in [0.717, 1.165) is 6.21 Å². The number of aliphatic hydroxyl groups excluding tert-OH is 1. The van der Waals surface area contributed by atoms with Crippen LogP contribution in [0.4, 0.5) is 17.2 Å². The number of methoxy groups -OCH3 is 1. The van der Waals surface area contributed by atoms with Gasteiger partial charge in [-0.15, -0.1) is 11.8 Å². The van der Waals surface area contributed by atoms with Crippen molar-refractivity contribution in [1.29, 1.82) is 5.41 Å². The molecule has 2 aliphatic heterocycles. The minimum atomic E-state index is -0.975. The molecule has 7 atom stereocenters. The number of thioether (sulfide) groups is 1. The van der Waals surface area contributed by atoms with E-state index in [9.17, 15) is 24.3 Å². The summed E-state index contributed by atoms with van der Waals surface area (Å²) in [5.74, 6) is -3.13. The summed E-state index contributed by atoms with van der Waals surface area (Å²) in [6.45, 7) is 7.60. The lowest BCUT2D eigenvalue weighted by Crippen LogP contribution is -2.39. The van der Waals surface area contributed by atoms with Gasteiger partial charge in [0.2, 0.25) is 0 Å². The van der Waals surface area contributed by atoms with Crippen LogP contribution in [0.1, 0.15) is 69.3 Å². The van der Waals surface area contributed by atoms with E-state index in [1.807, 2.05) is 13.8 Å². The summed E-state index contributed by atoms with van der Waals surface area (Å²) in [4.78, 5) is 61.6. The molecule has 0 aromatic carbocycles. The number of fused-ring (bicyclic) bond motifs is 1. The highest BCUT2D eigenvalue weighted by molar-refractivity contribution is 8.00. The maximum Gasteiger partial charge on any atom is 0.319 e. The Morgan fingerprint density at radius 2 is 1.83 bits per heavy atom. The zero-order valence-corrected chi connectivity index (χ0v) is 32.1. The molecule has 2 saturated heterocycles. The number of carbonyl (C=O) groups is 4. The normalized spacial score (nSPS) is 27.1. The monoisotopic (exact) mass is 780 g/mol. The molecule has 7 unspecified atom stereocenters. The molecule has 17 heteroatoms. The Kier molecular flexibility index (Phi) is 14.7. The number of carbonyl (C=O) groups excluding carboxylic acids is 4. The first-order chi connectivity index (χ1) is 24.7. The van der Waals surface area contributed by atoms with E-state index >= 15 is 0 Å². The van der Waals surface area contributed by atoms with Gasteiger partial charge in [-0.3, -0.25) is 24.2 Å². The first-order valence-corrected chi connectivity index (χ1v) is 18.9. The number of esters is 2. The maximum atomic E-state index is 13.6. The number of aromatic nitrogens is 2. The highest BCUT2D eigenvalue weighted by Crippen LogP contribution is 2.40. The summed E-state index contributed by atoms with van der Waals surface area (Å²) < 4.78 is 17.0. The standard InChI is InChI=1S/C35H46Cl2N6O8S/c1-6-40-31-20(13-38)28(21(14-42-31)32(46)43-29-22(36)15-39-16-23(29)37)41-11-12-52-30-27-18(2)24(44)7-9-35(4,49-5)10-8-25(45)19(3)33(47)50-17-26(27)51-34(30)48/h13-16,18-19,25-27,30,38,45H,6-12,17H2,1-5H3,(H,39,43,46)(H2,40,41,42). The van der Waals surface area contributed by atoms with Crippen LogP contribution in [-0.2, 0) is 28.6 Å². The Morgan fingerprint density at radius 1 is 1.12 bits per heavy atom. The van der Waals surface area contributed by atoms with Gasteiger partial charge in [0.25, 0.3) is 5.91 Å². The molecule has 0 spiro atoms. The van der Waals surface area contributed by atoms with Gasteiger partial charge in [-0.1, -0.05) is 30.1 Å². The lowest BCUT2D eigenvalue weighted by molar-refractivity contribution is -0.160. The number of halogens is 2. The van der Waals surface area contributed by atoms with Crippen LogP contribution >= 0.6 is 35.0 Å². The molecule has 1 amide bonds. The minimum absolute atomic E-state index is 0.0778. The van der Waals surface area contributed by atoms with Gasteiger partial charge in [-0.25, -0.2) is 4.98 Å². The first-order valence-electron chi connectivity index (χ1n) is 17.1. The summed E-state index contributed by atoms with van der Waals surface area (Å²) >= 11 is 13.7. The van der Waals surface area contributed by atoms with Gasteiger partial charge in [0, 0.05) is 69.0 Å². The van der Waals surface area contributed by atoms with Gasteiger partial charge in [0.15, 0.2) is 0 Å². The van der Waals surface area contributed by atoms with E-state index in [4.69, 9.17) is 42.8 Å². The lowest BCUT2D eigenvalue weighted by Gasteiger charge is -2.32. The van der Waals surface area contributed by atoms with Gasteiger partial charge >= 0.3 is 11.9 Å². The Balaban J connectivity index is 1.55. The number of ketones is 1. The average Bonchev–Trinajstić information content (AvgIpc) is 3.44. The minimum Gasteiger partial charge on any atom is -0.461 e. The number of hydrogen-bond acceptors (Lipinski definition) is 14. The average molecular weight is 782 g/mol. The molecule has 2 aliphatic rings. The second-order valence-electron chi connectivity index (χ2n) is 13.1. The van der Waals surface area contributed by atoms with Crippen molar-refractivity contribution in [2.45, 2.75) is 76.4 Å². The Bertz CT molecular complexity index is 1630. The molecule has 2 aromatic heterocycles. The summed E-state index contributed by atoms with van der Waals surface area (Å²) in [5.41, 5.74) is 0.233. The van der Waals surface area contributed by atoms with Crippen molar-refractivity contribution in [3.8, 4) is 0 Å². The molecular formula is C35H46Cl2N6O8S. The topological polar surface area (TPSA) is 202 Å². The second kappa shape index (κ2) is 18.5. The van der Waals surface area contributed by atoms with Gasteiger partial charge < -0.3 is 40.7 Å². The van der Waals surface area contributed by atoms with Gasteiger partial charge in [-0.2, -0.15) is 0 Å². The molecule has 0 aliphatic carbocycles. The van der Waals surface area contributed by atoms with E-state index in [1.54, 1.807) is 21.0 Å². The Hall–Kier alpha value is -3.50. The summed E-state index contributed by atoms with van der Waals surface area (Å²) in [7, 11) is 1.56. The molecule has 2 aromatic rings. The van der Waals surface area contributed by atoms with E-state index < -0.39 is 58.7 Å². The molecule has 0 radical (unpaired) electrons. The number of nitrogens with one attached hydrogen (secondary N) is 4. The second-order valence-corrected chi connectivity index (χ2v) is 15.2. The number of rotatable bonds is 11. The van der Waals surface area contributed by atoms with Crippen LogP contribution in [-0.4, -0.2) is 101 Å². The van der Waals surface area contributed by atoms with Crippen LogP contribution in [0.15, 0.2) is 18.6 Å². The molecular weight excluding hydrogens is 735 g/mol. The third-order valence-corrected chi connectivity index (χ3v) is 11.6. The van der Waals surface area contributed by atoms with Crippen LogP contribution < -0.4 is 16.0 Å². The molecule has 284 valence electrons. The van der Waals surface area contributed by atoms with Gasteiger partial charge in [0.05, 0.1) is 50.2 Å². The number of amides is 1. The smallest absolute Gasteiger partial charge is 0.319 e. The molecule has 4 heterocycles. The number of ether oxygens (including phenoxy) is 3. The summed E-state index contributed by atoms with van der Waals surface area (Å²) in [6, 6.07) is 0. The molecule has 5 N–H and O–H groups in total. The van der Waals surface area contributed by atoms with Gasteiger partial charge in [0.1, 0.15) is 29.6 Å². The number of aliphatic hydroxyl groups is 1. The van der Waals surface area contributed by atoms with Crippen molar-refractivity contribution >= 4 is 82.0 Å². The zero-order chi connectivity index (χ0) is 38.2. The molecule has 4 rings (SSSR count). The highest BCUT2D eigenvalue weighted by Gasteiger charge is 2.50.